The van der Waals surface area contributed by atoms with E-state index in [1.165, 1.54) is 41.2 Å². The van der Waals surface area contributed by atoms with E-state index >= 15 is 0 Å². The second-order valence-corrected chi connectivity index (χ2v) is 7.92. The fraction of sp³-hybridized carbons (Fsp3) is 0.364. The zero-order valence-electron chi connectivity index (χ0n) is 16.8. The van der Waals surface area contributed by atoms with E-state index in [9.17, 15) is 9.18 Å². The number of aryl methyl sites for hydroxylation is 2. The van der Waals surface area contributed by atoms with E-state index in [1.807, 2.05) is 6.92 Å². The number of hydrogen-bond acceptors (Lipinski definition) is 4. The van der Waals surface area contributed by atoms with Gasteiger partial charge in [-0.05, 0) is 68.4 Å². The smallest absolute Gasteiger partial charge is 0.260 e. The SMILES string of the molecule is CCN(CC)CCN(C(=O)c1ccc(F)cc1)c1nc2c(C)cc(C)cc2s1. The maximum atomic E-state index is 13.3. The molecular weight excluding hydrogens is 373 g/mol. The highest BCUT2D eigenvalue weighted by atomic mass is 32.1. The van der Waals surface area contributed by atoms with Crippen LogP contribution in [0.2, 0.25) is 0 Å². The highest BCUT2D eigenvalue weighted by molar-refractivity contribution is 7.22. The monoisotopic (exact) mass is 399 g/mol. The third-order valence-corrected chi connectivity index (χ3v) is 5.95. The van der Waals surface area contributed by atoms with E-state index in [-0.39, 0.29) is 11.7 Å². The number of thiazole rings is 1. The Kier molecular flexibility index (Phi) is 6.42. The van der Waals surface area contributed by atoms with Gasteiger partial charge in [0.05, 0.1) is 10.2 Å². The number of anilines is 1. The van der Waals surface area contributed by atoms with Crippen LogP contribution in [-0.2, 0) is 0 Å². The van der Waals surface area contributed by atoms with Crippen molar-refractivity contribution in [1.29, 1.82) is 0 Å². The van der Waals surface area contributed by atoms with Crippen molar-refractivity contribution in [3.05, 3.63) is 58.9 Å². The molecule has 2 aromatic carbocycles. The van der Waals surface area contributed by atoms with E-state index in [0.717, 1.165) is 35.4 Å². The molecule has 0 atom stereocenters. The van der Waals surface area contributed by atoms with Crippen LogP contribution in [0.4, 0.5) is 9.52 Å². The summed E-state index contributed by atoms with van der Waals surface area (Å²) in [6, 6.07) is 9.92. The lowest BCUT2D eigenvalue weighted by molar-refractivity contribution is 0.0983. The molecule has 0 spiro atoms. The molecule has 0 unspecified atom stereocenters. The zero-order chi connectivity index (χ0) is 20.3. The van der Waals surface area contributed by atoms with Crippen molar-refractivity contribution in [2.45, 2.75) is 27.7 Å². The number of halogens is 1. The van der Waals surface area contributed by atoms with Crippen LogP contribution in [0, 0.1) is 19.7 Å². The average Bonchev–Trinajstić information content (AvgIpc) is 3.09. The number of fused-ring (bicyclic) bond motifs is 1. The van der Waals surface area contributed by atoms with Gasteiger partial charge in [-0.25, -0.2) is 9.37 Å². The average molecular weight is 400 g/mol. The number of amides is 1. The molecule has 3 aromatic rings. The molecule has 0 aliphatic carbocycles. The summed E-state index contributed by atoms with van der Waals surface area (Å²) in [5.74, 6) is -0.502. The Labute approximate surface area is 169 Å². The summed E-state index contributed by atoms with van der Waals surface area (Å²) in [5, 5.41) is 0.685. The van der Waals surface area contributed by atoms with Crippen molar-refractivity contribution in [3.8, 4) is 0 Å². The van der Waals surface area contributed by atoms with E-state index in [1.54, 1.807) is 4.90 Å². The number of likely N-dealkylation sites (N-methyl/N-ethyl adjacent to an activating group) is 1. The molecule has 0 saturated heterocycles. The molecule has 1 amide bonds. The number of hydrogen-bond donors (Lipinski definition) is 0. The van der Waals surface area contributed by atoms with E-state index in [4.69, 9.17) is 4.98 Å². The number of aromatic nitrogens is 1. The number of benzene rings is 2. The topological polar surface area (TPSA) is 36.4 Å². The third kappa shape index (κ3) is 4.39. The predicted octanol–water partition coefficient (Wildman–Crippen LogP) is 5.04. The summed E-state index contributed by atoms with van der Waals surface area (Å²) < 4.78 is 14.4. The molecule has 1 heterocycles. The second-order valence-electron chi connectivity index (χ2n) is 6.92. The molecule has 0 fully saturated rings. The molecule has 3 rings (SSSR count). The van der Waals surface area contributed by atoms with Gasteiger partial charge in [0.25, 0.3) is 5.91 Å². The van der Waals surface area contributed by atoms with E-state index < -0.39 is 0 Å². The Morgan fingerprint density at radius 3 is 2.39 bits per heavy atom. The van der Waals surface area contributed by atoms with Gasteiger partial charge in [-0.15, -0.1) is 0 Å². The number of carbonyl (C=O) groups excluding carboxylic acids is 1. The summed E-state index contributed by atoms with van der Waals surface area (Å²) in [4.78, 5) is 22.0. The highest BCUT2D eigenvalue weighted by Crippen LogP contribution is 2.32. The molecule has 1 aromatic heterocycles. The lowest BCUT2D eigenvalue weighted by Crippen LogP contribution is -2.38. The Balaban J connectivity index is 1.98. The van der Waals surface area contributed by atoms with Crippen molar-refractivity contribution < 1.29 is 9.18 Å². The van der Waals surface area contributed by atoms with Crippen LogP contribution in [0.1, 0.15) is 35.3 Å². The molecule has 0 aliphatic heterocycles. The summed E-state index contributed by atoms with van der Waals surface area (Å²) >= 11 is 1.53. The van der Waals surface area contributed by atoms with Crippen LogP contribution in [0.15, 0.2) is 36.4 Å². The summed E-state index contributed by atoms with van der Waals surface area (Å²) in [5.41, 5.74) is 3.69. The first kappa shape index (κ1) is 20.4. The lowest BCUT2D eigenvalue weighted by Gasteiger charge is -2.24. The van der Waals surface area contributed by atoms with Crippen molar-refractivity contribution >= 4 is 32.6 Å². The van der Waals surface area contributed by atoms with Gasteiger partial charge < -0.3 is 4.90 Å². The summed E-state index contributed by atoms with van der Waals surface area (Å²) in [6.45, 7) is 11.5. The fourth-order valence-electron chi connectivity index (χ4n) is 3.29. The van der Waals surface area contributed by atoms with Gasteiger partial charge in [0, 0.05) is 18.7 Å². The largest absolute Gasteiger partial charge is 0.302 e. The minimum Gasteiger partial charge on any atom is -0.302 e. The van der Waals surface area contributed by atoms with Crippen molar-refractivity contribution in [2.24, 2.45) is 0 Å². The minimum atomic E-state index is -0.350. The van der Waals surface area contributed by atoms with Crippen molar-refractivity contribution in [3.63, 3.8) is 0 Å². The summed E-state index contributed by atoms with van der Waals surface area (Å²) in [7, 11) is 0. The third-order valence-electron chi connectivity index (χ3n) is 4.92. The van der Waals surface area contributed by atoms with Gasteiger partial charge in [0.15, 0.2) is 5.13 Å². The van der Waals surface area contributed by atoms with Gasteiger partial charge >= 0.3 is 0 Å². The molecule has 148 valence electrons. The first-order valence-corrected chi connectivity index (χ1v) is 10.4. The molecule has 0 radical (unpaired) electrons. The highest BCUT2D eigenvalue weighted by Gasteiger charge is 2.22. The van der Waals surface area contributed by atoms with Crippen LogP contribution in [0.5, 0.6) is 0 Å². The molecular formula is C22H26FN3OS. The molecule has 6 heteroatoms. The van der Waals surface area contributed by atoms with Crippen LogP contribution >= 0.6 is 11.3 Å². The van der Waals surface area contributed by atoms with Gasteiger partial charge in [-0.2, -0.15) is 0 Å². The molecule has 0 bridgehead atoms. The lowest BCUT2D eigenvalue weighted by atomic mass is 10.1. The number of carbonyl (C=O) groups is 1. The van der Waals surface area contributed by atoms with E-state index in [0.29, 0.717) is 17.2 Å². The van der Waals surface area contributed by atoms with Gasteiger partial charge in [0.2, 0.25) is 0 Å². The number of rotatable bonds is 7. The van der Waals surface area contributed by atoms with Crippen LogP contribution in [0.25, 0.3) is 10.2 Å². The van der Waals surface area contributed by atoms with Crippen LogP contribution < -0.4 is 4.90 Å². The van der Waals surface area contributed by atoms with Crippen molar-refractivity contribution in [2.75, 3.05) is 31.1 Å². The molecule has 0 N–H and O–H groups in total. The predicted molar refractivity (Wildman–Crippen MR) is 115 cm³/mol. The Morgan fingerprint density at radius 2 is 1.75 bits per heavy atom. The molecule has 28 heavy (non-hydrogen) atoms. The zero-order valence-corrected chi connectivity index (χ0v) is 17.6. The van der Waals surface area contributed by atoms with Gasteiger partial charge in [-0.3, -0.25) is 9.69 Å². The maximum absolute atomic E-state index is 13.3. The van der Waals surface area contributed by atoms with Gasteiger partial charge in [-0.1, -0.05) is 31.3 Å². The van der Waals surface area contributed by atoms with Crippen molar-refractivity contribution in [1.82, 2.24) is 9.88 Å². The molecule has 4 nitrogen and oxygen atoms in total. The first-order chi connectivity index (χ1) is 13.4. The Bertz CT molecular complexity index is 964. The summed E-state index contributed by atoms with van der Waals surface area (Å²) in [6.07, 6.45) is 0. The minimum absolute atomic E-state index is 0.152. The van der Waals surface area contributed by atoms with E-state index in [2.05, 4.69) is 37.8 Å². The first-order valence-electron chi connectivity index (χ1n) is 9.60. The Hall–Kier alpha value is -2.31. The Morgan fingerprint density at radius 1 is 1.07 bits per heavy atom. The van der Waals surface area contributed by atoms with Crippen LogP contribution in [0.3, 0.4) is 0 Å². The normalized spacial score (nSPS) is 11.4. The second kappa shape index (κ2) is 8.80. The standard InChI is InChI=1S/C22H26FN3OS/c1-5-25(6-2)11-12-26(21(27)17-7-9-18(23)10-8-17)22-24-20-16(4)13-15(3)14-19(20)28-22/h7-10,13-14H,5-6,11-12H2,1-4H3. The molecule has 0 saturated carbocycles. The molecule has 0 aliphatic rings. The quantitative estimate of drug-likeness (QED) is 0.558. The number of nitrogens with zero attached hydrogens (tertiary/aromatic N) is 3. The maximum Gasteiger partial charge on any atom is 0.260 e. The van der Waals surface area contributed by atoms with Crippen LogP contribution in [-0.4, -0.2) is 42.0 Å². The fourth-order valence-corrected chi connectivity index (χ4v) is 4.45. The van der Waals surface area contributed by atoms with Gasteiger partial charge in [0.1, 0.15) is 5.82 Å².